The van der Waals surface area contributed by atoms with E-state index in [1.165, 1.54) is 12.1 Å². The van der Waals surface area contributed by atoms with Crippen LogP contribution in [0.5, 0.6) is 0 Å². The molecule has 1 aliphatic carbocycles. The predicted octanol–water partition coefficient (Wildman–Crippen LogP) is 2.14. The van der Waals surface area contributed by atoms with E-state index in [-0.39, 0.29) is 18.3 Å². The second kappa shape index (κ2) is 6.15. The number of hydrogen-bond acceptors (Lipinski definition) is 2. The van der Waals surface area contributed by atoms with E-state index in [4.69, 9.17) is 5.11 Å². The monoisotopic (exact) mass is 265 g/mol. The lowest BCUT2D eigenvalue weighted by Gasteiger charge is -2.28. The summed E-state index contributed by atoms with van der Waals surface area (Å²) >= 11 is 0. The highest BCUT2D eigenvalue weighted by Gasteiger charge is 2.42. The molecule has 0 aliphatic heterocycles. The Labute approximate surface area is 112 Å². The van der Waals surface area contributed by atoms with E-state index in [0.29, 0.717) is 13.0 Å². The molecule has 4 heteroatoms. The summed E-state index contributed by atoms with van der Waals surface area (Å²) in [6, 6.07) is 6.36. The first-order valence-electron chi connectivity index (χ1n) is 6.84. The van der Waals surface area contributed by atoms with Crippen molar-refractivity contribution in [3.63, 3.8) is 0 Å². The number of aliphatic hydroxyl groups is 1. The summed E-state index contributed by atoms with van der Waals surface area (Å²) in [7, 11) is 0. The summed E-state index contributed by atoms with van der Waals surface area (Å²) in [5.41, 5.74) is 0.184. The number of carbonyl (C=O) groups excluding carboxylic acids is 1. The van der Waals surface area contributed by atoms with E-state index in [0.717, 1.165) is 31.2 Å². The lowest BCUT2D eigenvalue weighted by molar-refractivity contribution is -0.126. The second-order valence-electron chi connectivity index (χ2n) is 5.13. The lowest BCUT2D eigenvalue weighted by atomic mass is 9.78. The van der Waals surface area contributed by atoms with Crippen molar-refractivity contribution in [2.75, 3.05) is 13.2 Å². The zero-order valence-electron chi connectivity index (χ0n) is 11.0. The summed E-state index contributed by atoms with van der Waals surface area (Å²) in [6.07, 6.45) is 4.06. The average Bonchev–Trinajstić information content (AvgIpc) is 2.89. The van der Waals surface area contributed by atoms with Crippen molar-refractivity contribution in [2.24, 2.45) is 0 Å². The normalized spacial score (nSPS) is 17.4. The minimum absolute atomic E-state index is 0.0379. The number of hydrogen-bond donors (Lipinski definition) is 2. The SMILES string of the molecule is O=C(NCCCO)C1(c2cccc(F)c2)CCCC1. The third kappa shape index (κ3) is 2.95. The van der Waals surface area contributed by atoms with E-state index < -0.39 is 5.41 Å². The maximum Gasteiger partial charge on any atom is 0.230 e. The van der Waals surface area contributed by atoms with Crippen LogP contribution in [0.25, 0.3) is 0 Å². The summed E-state index contributed by atoms with van der Waals surface area (Å²) in [5.74, 6) is -0.337. The standard InChI is InChI=1S/C15H20FNO2/c16-13-6-3-5-12(11-13)15(7-1-2-8-15)14(19)17-9-4-10-18/h3,5-6,11,18H,1-2,4,7-10H2,(H,17,19). The number of amides is 1. The van der Waals surface area contributed by atoms with E-state index in [9.17, 15) is 9.18 Å². The van der Waals surface area contributed by atoms with Gasteiger partial charge in [0.1, 0.15) is 5.82 Å². The third-order valence-electron chi connectivity index (χ3n) is 3.89. The van der Waals surface area contributed by atoms with Gasteiger partial charge in [0, 0.05) is 13.2 Å². The molecule has 0 aromatic heterocycles. The molecule has 104 valence electrons. The molecule has 2 rings (SSSR count). The van der Waals surface area contributed by atoms with Crippen LogP contribution in [-0.2, 0) is 10.2 Å². The van der Waals surface area contributed by atoms with Crippen molar-refractivity contribution < 1.29 is 14.3 Å². The van der Waals surface area contributed by atoms with Gasteiger partial charge in [0.15, 0.2) is 0 Å². The van der Waals surface area contributed by atoms with Gasteiger partial charge in [0.25, 0.3) is 0 Å². The zero-order chi connectivity index (χ0) is 13.7. The molecule has 19 heavy (non-hydrogen) atoms. The van der Waals surface area contributed by atoms with Crippen LogP contribution in [0.2, 0.25) is 0 Å². The Bertz CT molecular complexity index is 442. The Balaban J connectivity index is 2.20. The number of carbonyl (C=O) groups is 1. The molecule has 0 heterocycles. The minimum atomic E-state index is -0.586. The molecule has 1 aromatic carbocycles. The summed E-state index contributed by atoms with van der Waals surface area (Å²) in [4.78, 5) is 12.4. The van der Waals surface area contributed by atoms with Gasteiger partial charge in [0.2, 0.25) is 5.91 Å². The van der Waals surface area contributed by atoms with Crippen molar-refractivity contribution in [1.82, 2.24) is 5.32 Å². The molecule has 0 spiro atoms. The van der Waals surface area contributed by atoms with Crippen LogP contribution in [0.1, 0.15) is 37.7 Å². The van der Waals surface area contributed by atoms with Crippen LogP contribution in [0, 0.1) is 5.82 Å². The van der Waals surface area contributed by atoms with Crippen molar-refractivity contribution in [3.8, 4) is 0 Å². The van der Waals surface area contributed by atoms with Crippen molar-refractivity contribution in [2.45, 2.75) is 37.5 Å². The van der Waals surface area contributed by atoms with Gasteiger partial charge in [-0.25, -0.2) is 4.39 Å². The minimum Gasteiger partial charge on any atom is -0.396 e. The molecule has 0 unspecified atom stereocenters. The zero-order valence-corrected chi connectivity index (χ0v) is 11.0. The van der Waals surface area contributed by atoms with Gasteiger partial charge in [0.05, 0.1) is 5.41 Å². The molecular weight excluding hydrogens is 245 g/mol. The maximum absolute atomic E-state index is 13.4. The molecule has 2 N–H and O–H groups in total. The van der Waals surface area contributed by atoms with Gasteiger partial charge < -0.3 is 10.4 Å². The van der Waals surface area contributed by atoms with Crippen LogP contribution >= 0.6 is 0 Å². The summed E-state index contributed by atoms with van der Waals surface area (Å²) in [5, 5.41) is 11.6. The fourth-order valence-electron chi connectivity index (χ4n) is 2.86. The fraction of sp³-hybridized carbons (Fsp3) is 0.533. The Morgan fingerprint density at radius 3 is 2.74 bits per heavy atom. The number of aliphatic hydroxyl groups excluding tert-OH is 1. The van der Waals surface area contributed by atoms with Crippen LogP contribution in [0.3, 0.4) is 0 Å². The molecule has 1 fully saturated rings. The van der Waals surface area contributed by atoms with Crippen LogP contribution < -0.4 is 5.32 Å². The third-order valence-corrected chi connectivity index (χ3v) is 3.89. The highest BCUT2D eigenvalue weighted by Crippen LogP contribution is 2.41. The van der Waals surface area contributed by atoms with Gasteiger partial charge >= 0.3 is 0 Å². The lowest BCUT2D eigenvalue weighted by Crippen LogP contribution is -2.43. The van der Waals surface area contributed by atoms with Gasteiger partial charge in [-0.15, -0.1) is 0 Å². The number of rotatable bonds is 5. The molecule has 1 saturated carbocycles. The van der Waals surface area contributed by atoms with Crippen molar-refractivity contribution >= 4 is 5.91 Å². The molecule has 0 saturated heterocycles. The van der Waals surface area contributed by atoms with Gasteiger partial charge in [-0.1, -0.05) is 25.0 Å². The van der Waals surface area contributed by atoms with Gasteiger partial charge in [-0.05, 0) is 37.0 Å². The van der Waals surface area contributed by atoms with Crippen LogP contribution in [0.15, 0.2) is 24.3 Å². The van der Waals surface area contributed by atoms with Crippen LogP contribution in [-0.4, -0.2) is 24.2 Å². The highest BCUT2D eigenvalue weighted by atomic mass is 19.1. The number of halogens is 1. The number of nitrogens with one attached hydrogen (secondary N) is 1. The Hall–Kier alpha value is -1.42. The summed E-state index contributed by atoms with van der Waals surface area (Å²) < 4.78 is 13.4. The highest BCUT2D eigenvalue weighted by molar-refractivity contribution is 5.88. The second-order valence-corrected chi connectivity index (χ2v) is 5.13. The average molecular weight is 265 g/mol. The van der Waals surface area contributed by atoms with Crippen molar-refractivity contribution in [3.05, 3.63) is 35.6 Å². The van der Waals surface area contributed by atoms with Gasteiger partial charge in [-0.3, -0.25) is 4.79 Å². The van der Waals surface area contributed by atoms with Crippen molar-refractivity contribution in [1.29, 1.82) is 0 Å². The largest absolute Gasteiger partial charge is 0.396 e. The Morgan fingerprint density at radius 2 is 2.11 bits per heavy atom. The molecule has 0 bridgehead atoms. The topological polar surface area (TPSA) is 49.3 Å². The molecule has 0 radical (unpaired) electrons. The smallest absolute Gasteiger partial charge is 0.230 e. The quantitative estimate of drug-likeness (QED) is 0.801. The molecule has 0 atom stereocenters. The fourth-order valence-corrected chi connectivity index (χ4v) is 2.86. The van der Waals surface area contributed by atoms with Crippen LogP contribution in [0.4, 0.5) is 4.39 Å². The van der Waals surface area contributed by atoms with E-state index in [2.05, 4.69) is 5.32 Å². The molecule has 1 aliphatic rings. The van der Waals surface area contributed by atoms with E-state index >= 15 is 0 Å². The van der Waals surface area contributed by atoms with Gasteiger partial charge in [-0.2, -0.15) is 0 Å². The molecule has 1 aromatic rings. The predicted molar refractivity (Wildman–Crippen MR) is 71.3 cm³/mol. The van der Waals surface area contributed by atoms with E-state index in [1.807, 2.05) is 6.07 Å². The number of benzene rings is 1. The first-order chi connectivity index (χ1) is 9.19. The summed E-state index contributed by atoms with van der Waals surface area (Å²) in [6.45, 7) is 0.527. The Kier molecular flexibility index (Phi) is 4.53. The molecule has 1 amide bonds. The first kappa shape index (κ1) is 14.0. The molecular formula is C15H20FNO2. The first-order valence-corrected chi connectivity index (χ1v) is 6.84. The molecule has 3 nitrogen and oxygen atoms in total. The van der Waals surface area contributed by atoms with E-state index in [1.54, 1.807) is 6.07 Å². The maximum atomic E-state index is 13.4. The Morgan fingerprint density at radius 1 is 1.37 bits per heavy atom.